The molecule has 0 bridgehead atoms. The average molecular weight is 347 g/mol. The van der Waals surface area contributed by atoms with Crippen molar-refractivity contribution in [3.05, 3.63) is 60.2 Å². The first-order chi connectivity index (χ1) is 12.6. The Hall–Kier alpha value is -2.92. The Kier molecular flexibility index (Phi) is 4.31. The van der Waals surface area contributed by atoms with E-state index in [1.165, 1.54) is 5.69 Å². The summed E-state index contributed by atoms with van der Waals surface area (Å²) in [5.74, 6) is -0.932. The molecule has 4 rings (SSSR count). The lowest BCUT2D eigenvalue weighted by Gasteiger charge is -2.34. The van der Waals surface area contributed by atoms with Crippen LogP contribution >= 0.6 is 0 Å². The van der Waals surface area contributed by atoms with Crippen molar-refractivity contribution in [2.45, 2.75) is 0 Å². The number of hydrogen-bond acceptors (Lipinski definition) is 4. The SMILES string of the molecule is CN1CCN(c2ccc(-c3cc(C(=O)O)c4ccccc4n3)cc2)CC1. The number of piperazine rings is 1. The molecule has 0 amide bonds. The van der Waals surface area contributed by atoms with Crippen molar-refractivity contribution >= 4 is 22.6 Å². The standard InChI is InChI=1S/C21H21N3O2/c1-23-10-12-24(13-11-23)16-8-6-15(7-9-16)20-14-18(21(25)26)17-4-2-3-5-19(17)22-20/h2-9,14H,10-13H2,1H3,(H,25,26). The van der Waals surface area contributed by atoms with Crippen LogP contribution in [-0.4, -0.2) is 54.2 Å². The number of fused-ring (bicyclic) bond motifs is 1. The molecule has 3 aromatic rings. The molecule has 0 spiro atoms. The molecule has 0 atom stereocenters. The number of likely N-dealkylation sites (N-methyl/N-ethyl adjacent to an activating group) is 1. The highest BCUT2D eigenvalue weighted by Gasteiger charge is 2.15. The van der Waals surface area contributed by atoms with Crippen LogP contribution in [0.15, 0.2) is 54.6 Å². The Balaban J connectivity index is 1.68. The molecule has 26 heavy (non-hydrogen) atoms. The summed E-state index contributed by atoms with van der Waals surface area (Å²) in [7, 11) is 2.14. The van der Waals surface area contributed by atoms with Crippen LogP contribution in [0.2, 0.25) is 0 Å². The maximum Gasteiger partial charge on any atom is 0.336 e. The van der Waals surface area contributed by atoms with Gasteiger partial charge in [-0.25, -0.2) is 9.78 Å². The van der Waals surface area contributed by atoms with Crippen molar-refractivity contribution in [1.82, 2.24) is 9.88 Å². The normalized spacial score (nSPS) is 15.3. The smallest absolute Gasteiger partial charge is 0.336 e. The van der Waals surface area contributed by atoms with Gasteiger partial charge in [-0.1, -0.05) is 30.3 Å². The first-order valence-electron chi connectivity index (χ1n) is 8.79. The Morgan fingerprint density at radius 2 is 1.69 bits per heavy atom. The van der Waals surface area contributed by atoms with Gasteiger partial charge < -0.3 is 14.9 Å². The monoisotopic (exact) mass is 347 g/mol. The zero-order valence-electron chi connectivity index (χ0n) is 14.7. The van der Waals surface area contributed by atoms with Crippen LogP contribution in [-0.2, 0) is 0 Å². The van der Waals surface area contributed by atoms with Gasteiger partial charge in [0.1, 0.15) is 0 Å². The van der Waals surface area contributed by atoms with Gasteiger partial charge in [-0.15, -0.1) is 0 Å². The number of aromatic carboxylic acids is 1. The molecule has 0 saturated carbocycles. The van der Waals surface area contributed by atoms with Crippen molar-refractivity contribution in [3.63, 3.8) is 0 Å². The highest BCUT2D eigenvalue weighted by molar-refractivity contribution is 6.03. The molecule has 1 aliphatic rings. The molecule has 1 aromatic heterocycles. The van der Waals surface area contributed by atoms with E-state index in [0.717, 1.165) is 31.7 Å². The van der Waals surface area contributed by atoms with Crippen molar-refractivity contribution < 1.29 is 9.90 Å². The number of carboxylic acid groups (broad SMARTS) is 1. The molecule has 5 heteroatoms. The third-order valence-corrected chi connectivity index (χ3v) is 4.98. The summed E-state index contributed by atoms with van der Waals surface area (Å²) in [6, 6.07) is 17.3. The van der Waals surface area contributed by atoms with Gasteiger partial charge in [0.05, 0.1) is 16.8 Å². The molecular formula is C21H21N3O2. The summed E-state index contributed by atoms with van der Waals surface area (Å²) in [6.07, 6.45) is 0. The number of pyridine rings is 1. The van der Waals surface area contributed by atoms with E-state index in [-0.39, 0.29) is 5.56 Å². The predicted molar refractivity (Wildman–Crippen MR) is 104 cm³/mol. The molecule has 1 aliphatic heterocycles. The average Bonchev–Trinajstić information content (AvgIpc) is 2.68. The van der Waals surface area contributed by atoms with Gasteiger partial charge >= 0.3 is 5.97 Å². The number of carboxylic acids is 1. The molecule has 1 N–H and O–H groups in total. The second-order valence-electron chi connectivity index (χ2n) is 6.71. The molecule has 5 nitrogen and oxygen atoms in total. The number of anilines is 1. The van der Waals surface area contributed by atoms with E-state index in [1.807, 2.05) is 30.3 Å². The van der Waals surface area contributed by atoms with Gasteiger partial charge in [0.2, 0.25) is 0 Å². The number of carbonyl (C=O) groups is 1. The predicted octanol–water partition coefficient (Wildman–Crippen LogP) is 3.35. The summed E-state index contributed by atoms with van der Waals surface area (Å²) in [6.45, 7) is 4.17. The lowest BCUT2D eigenvalue weighted by Crippen LogP contribution is -2.44. The third-order valence-electron chi connectivity index (χ3n) is 4.98. The van der Waals surface area contributed by atoms with Crippen molar-refractivity contribution in [3.8, 4) is 11.3 Å². The Morgan fingerprint density at radius 1 is 1.00 bits per heavy atom. The summed E-state index contributed by atoms with van der Waals surface area (Å²) in [5.41, 5.74) is 3.79. The second kappa shape index (κ2) is 6.77. The van der Waals surface area contributed by atoms with Crippen LogP contribution in [0.5, 0.6) is 0 Å². The van der Waals surface area contributed by atoms with E-state index in [2.05, 4.69) is 34.0 Å². The number of hydrogen-bond donors (Lipinski definition) is 1. The zero-order valence-corrected chi connectivity index (χ0v) is 14.7. The largest absolute Gasteiger partial charge is 0.478 e. The number of benzene rings is 2. The van der Waals surface area contributed by atoms with E-state index in [9.17, 15) is 9.90 Å². The van der Waals surface area contributed by atoms with Gasteiger partial charge in [0, 0.05) is 42.8 Å². The van der Waals surface area contributed by atoms with Crippen molar-refractivity contribution in [2.24, 2.45) is 0 Å². The van der Waals surface area contributed by atoms with Crippen LogP contribution < -0.4 is 4.90 Å². The van der Waals surface area contributed by atoms with Crippen LogP contribution in [0.1, 0.15) is 10.4 Å². The topological polar surface area (TPSA) is 56.7 Å². The van der Waals surface area contributed by atoms with Gasteiger partial charge in [-0.2, -0.15) is 0 Å². The summed E-state index contributed by atoms with van der Waals surface area (Å²) in [4.78, 5) is 21.0. The highest BCUT2D eigenvalue weighted by Crippen LogP contribution is 2.27. The maximum atomic E-state index is 11.6. The number of nitrogens with zero attached hydrogens (tertiary/aromatic N) is 3. The van der Waals surface area contributed by atoms with E-state index >= 15 is 0 Å². The van der Waals surface area contributed by atoms with E-state index in [4.69, 9.17) is 0 Å². The van der Waals surface area contributed by atoms with Crippen LogP contribution in [0.3, 0.4) is 0 Å². The summed E-state index contributed by atoms with van der Waals surface area (Å²) < 4.78 is 0. The fraction of sp³-hybridized carbons (Fsp3) is 0.238. The highest BCUT2D eigenvalue weighted by atomic mass is 16.4. The Bertz CT molecular complexity index is 945. The quantitative estimate of drug-likeness (QED) is 0.787. The maximum absolute atomic E-state index is 11.6. The lowest BCUT2D eigenvalue weighted by atomic mass is 10.0. The van der Waals surface area contributed by atoms with Gasteiger partial charge in [-0.3, -0.25) is 0 Å². The van der Waals surface area contributed by atoms with Gasteiger partial charge in [0.25, 0.3) is 0 Å². The second-order valence-corrected chi connectivity index (χ2v) is 6.71. The fourth-order valence-corrected chi connectivity index (χ4v) is 3.41. The van der Waals surface area contributed by atoms with Gasteiger partial charge in [0.15, 0.2) is 0 Å². The molecule has 132 valence electrons. The van der Waals surface area contributed by atoms with E-state index < -0.39 is 5.97 Å². The molecule has 2 aromatic carbocycles. The zero-order chi connectivity index (χ0) is 18.1. The van der Waals surface area contributed by atoms with Crippen molar-refractivity contribution in [1.29, 1.82) is 0 Å². The molecule has 0 aliphatic carbocycles. The van der Waals surface area contributed by atoms with Gasteiger partial charge in [-0.05, 0) is 31.3 Å². The number of aromatic nitrogens is 1. The van der Waals surface area contributed by atoms with E-state index in [0.29, 0.717) is 16.6 Å². The summed E-state index contributed by atoms with van der Waals surface area (Å²) >= 11 is 0. The van der Waals surface area contributed by atoms with Crippen LogP contribution in [0.4, 0.5) is 5.69 Å². The molecule has 0 unspecified atom stereocenters. The van der Waals surface area contributed by atoms with E-state index in [1.54, 1.807) is 12.1 Å². The van der Waals surface area contributed by atoms with Crippen LogP contribution in [0, 0.1) is 0 Å². The first-order valence-corrected chi connectivity index (χ1v) is 8.79. The molecule has 2 heterocycles. The Morgan fingerprint density at radius 3 is 2.38 bits per heavy atom. The first kappa shape index (κ1) is 16.5. The molecular weight excluding hydrogens is 326 g/mol. The Labute approximate surface area is 152 Å². The van der Waals surface area contributed by atoms with Crippen molar-refractivity contribution in [2.75, 3.05) is 38.1 Å². The minimum atomic E-state index is -0.932. The molecule has 0 radical (unpaired) electrons. The number of rotatable bonds is 3. The minimum absolute atomic E-state index is 0.286. The minimum Gasteiger partial charge on any atom is -0.478 e. The fourth-order valence-electron chi connectivity index (χ4n) is 3.41. The number of para-hydroxylation sites is 1. The summed E-state index contributed by atoms with van der Waals surface area (Å²) in [5, 5.41) is 10.2. The molecule has 1 fully saturated rings. The molecule has 1 saturated heterocycles. The third kappa shape index (κ3) is 3.13. The lowest BCUT2D eigenvalue weighted by molar-refractivity contribution is 0.0699. The van der Waals surface area contributed by atoms with Crippen LogP contribution in [0.25, 0.3) is 22.2 Å².